The second-order valence-corrected chi connectivity index (χ2v) is 5.19. The van der Waals surface area contributed by atoms with E-state index in [0.29, 0.717) is 12.5 Å². The molecule has 0 amide bonds. The van der Waals surface area contributed by atoms with Gasteiger partial charge in [0.1, 0.15) is 6.20 Å². The summed E-state index contributed by atoms with van der Waals surface area (Å²) in [4.78, 5) is 24.6. The summed E-state index contributed by atoms with van der Waals surface area (Å²) >= 11 is 1.54. The first kappa shape index (κ1) is 14.1. The van der Waals surface area contributed by atoms with Gasteiger partial charge >= 0.3 is 5.69 Å². The predicted octanol–water partition coefficient (Wildman–Crippen LogP) is 1.83. The summed E-state index contributed by atoms with van der Waals surface area (Å²) in [7, 11) is 3.40. The smallest absolute Gasteiger partial charge is 0.329 e. The van der Waals surface area contributed by atoms with Gasteiger partial charge in [-0.1, -0.05) is 0 Å². The van der Waals surface area contributed by atoms with E-state index in [2.05, 4.69) is 20.3 Å². The van der Waals surface area contributed by atoms with Crippen molar-refractivity contribution in [1.29, 1.82) is 0 Å². The van der Waals surface area contributed by atoms with Crippen LogP contribution in [-0.4, -0.2) is 34.0 Å². The Morgan fingerprint density at radius 3 is 2.80 bits per heavy atom. The molecule has 0 aliphatic carbocycles. The van der Waals surface area contributed by atoms with Crippen molar-refractivity contribution in [2.45, 2.75) is 13.5 Å². The SMILES string of the molecule is CNc1ncc([N+](=O)[O-])c(N(C)Cc2csc(C)n2)n1. The molecule has 0 fully saturated rings. The van der Waals surface area contributed by atoms with Gasteiger partial charge in [-0.3, -0.25) is 10.1 Å². The van der Waals surface area contributed by atoms with Gasteiger partial charge in [0.25, 0.3) is 0 Å². The molecule has 0 saturated heterocycles. The molecule has 2 aromatic rings. The maximum atomic E-state index is 11.0. The molecule has 0 radical (unpaired) electrons. The second kappa shape index (κ2) is 5.78. The summed E-state index contributed by atoms with van der Waals surface area (Å²) in [5.41, 5.74) is 0.729. The molecule has 1 N–H and O–H groups in total. The largest absolute Gasteiger partial charge is 0.357 e. The van der Waals surface area contributed by atoms with E-state index >= 15 is 0 Å². The molecule has 0 saturated carbocycles. The number of hydrogen-bond donors (Lipinski definition) is 1. The van der Waals surface area contributed by atoms with Crippen molar-refractivity contribution in [1.82, 2.24) is 15.0 Å². The van der Waals surface area contributed by atoms with Crippen LogP contribution in [-0.2, 0) is 6.54 Å². The van der Waals surface area contributed by atoms with E-state index in [9.17, 15) is 10.1 Å². The zero-order valence-electron chi connectivity index (χ0n) is 11.3. The topological polar surface area (TPSA) is 97.1 Å². The molecule has 0 aliphatic heterocycles. The van der Waals surface area contributed by atoms with Crippen LogP contribution in [0.25, 0.3) is 0 Å². The van der Waals surface area contributed by atoms with Gasteiger partial charge in [-0.05, 0) is 6.92 Å². The lowest BCUT2D eigenvalue weighted by atomic mass is 10.4. The molecular formula is C11H14N6O2S. The highest BCUT2D eigenvalue weighted by molar-refractivity contribution is 7.09. The molecule has 0 aliphatic rings. The Balaban J connectivity index is 2.31. The number of rotatable bonds is 5. The lowest BCUT2D eigenvalue weighted by Gasteiger charge is -2.17. The van der Waals surface area contributed by atoms with E-state index < -0.39 is 4.92 Å². The highest BCUT2D eigenvalue weighted by Gasteiger charge is 2.21. The lowest BCUT2D eigenvalue weighted by Crippen LogP contribution is -2.20. The number of nitrogens with one attached hydrogen (secondary N) is 1. The van der Waals surface area contributed by atoms with Crippen LogP contribution in [0, 0.1) is 17.0 Å². The van der Waals surface area contributed by atoms with Crippen molar-refractivity contribution in [2.24, 2.45) is 0 Å². The van der Waals surface area contributed by atoms with E-state index in [1.807, 2.05) is 12.3 Å². The van der Waals surface area contributed by atoms with Crippen molar-refractivity contribution in [3.05, 3.63) is 32.4 Å². The van der Waals surface area contributed by atoms with Gasteiger partial charge < -0.3 is 10.2 Å². The fraction of sp³-hybridized carbons (Fsp3) is 0.364. The number of hydrogen-bond acceptors (Lipinski definition) is 8. The van der Waals surface area contributed by atoms with E-state index in [1.165, 1.54) is 6.20 Å². The molecule has 2 heterocycles. The van der Waals surface area contributed by atoms with Crippen molar-refractivity contribution < 1.29 is 4.92 Å². The third kappa shape index (κ3) is 2.99. The monoisotopic (exact) mass is 294 g/mol. The molecule has 0 unspecified atom stereocenters. The molecule has 0 atom stereocenters. The van der Waals surface area contributed by atoms with Crippen LogP contribution in [0.15, 0.2) is 11.6 Å². The molecule has 0 bridgehead atoms. The lowest BCUT2D eigenvalue weighted by molar-refractivity contribution is -0.384. The maximum Gasteiger partial charge on any atom is 0.329 e. The average molecular weight is 294 g/mol. The molecule has 20 heavy (non-hydrogen) atoms. The first-order chi connectivity index (χ1) is 9.51. The van der Waals surface area contributed by atoms with Crippen LogP contribution in [0.2, 0.25) is 0 Å². The minimum Gasteiger partial charge on any atom is -0.357 e. The molecule has 106 valence electrons. The standard InChI is InChI=1S/C11H14N6O2S/c1-7-14-8(6-20-7)5-16(3)10-9(17(18)19)4-13-11(12-2)15-10/h4,6H,5H2,1-3H3,(H,12,13,15). The Labute approximate surface area is 119 Å². The van der Waals surface area contributed by atoms with Gasteiger partial charge in [0, 0.05) is 19.5 Å². The highest BCUT2D eigenvalue weighted by atomic mass is 32.1. The van der Waals surface area contributed by atoms with Crippen molar-refractivity contribution >= 4 is 28.8 Å². The van der Waals surface area contributed by atoms with E-state index in [4.69, 9.17) is 0 Å². The van der Waals surface area contributed by atoms with Crippen LogP contribution in [0.5, 0.6) is 0 Å². The van der Waals surface area contributed by atoms with Crippen LogP contribution in [0.1, 0.15) is 10.7 Å². The summed E-state index contributed by atoms with van der Waals surface area (Å²) in [5.74, 6) is 0.604. The van der Waals surface area contributed by atoms with Crippen molar-refractivity contribution in [2.75, 3.05) is 24.3 Å². The van der Waals surface area contributed by atoms with Crippen molar-refractivity contribution in [3.8, 4) is 0 Å². The third-order valence-electron chi connectivity index (χ3n) is 2.60. The quantitative estimate of drug-likeness (QED) is 0.663. The zero-order chi connectivity index (χ0) is 14.7. The first-order valence-electron chi connectivity index (χ1n) is 5.82. The number of aromatic nitrogens is 3. The maximum absolute atomic E-state index is 11.0. The van der Waals surface area contributed by atoms with Crippen LogP contribution < -0.4 is 10.2 Å². The fourth-order valence-corrected chi connectivity index (χ4v) is 2.30. The predicted molar refractivity (Wildman–Crippen MR) is 77.2 cm³/mol. The Kier molecular flexibility index (Phi) is 4.08. The third-order valence-corrected chi connectivity index (χ3v) is 3.42. The summed E-state index contributed by atoms with van der Waals surface area (Å²) in [5, 5.41) is 16.7. The Morgan fingerprint density at radius 2 is 2.25 bits per heavy atom. The molecule has 0 aromatic carbocycles. The van der Waals surface area contributed by atoms with Gasteiger partial charge in [0.05, 0.1) is 22.2 Å². The minimum absolute atomic E-state index is 0.126. The van der Waals surface area contributed by atoms with Crippen molar-refractivity contribution in [3.63, 3.8) is 0 Å². The molecular weight excluding hydrogens is 280 g/mol. The number of nitro groups is 1. The average Bonchev–Trinajstić information content (AvgIpc) is 2.83. The summed E-state index contributed by atoms with van der Waals surface area (Å²) in [6.45, 7) is 2.37. The highest BCUT2D eigenvalue weighted by Crippen LogP contribution is 2.26. The van der Waals surface area contributed by atoms with E-state index in [0.717, 1.165) is 10.7 Å². The van der Waals surface area contributed by atoms with E-state index in [-0.39, 0.29) is 11.5 Å². The summed E-state index contributed by atoms with van der Waals surface area (Å²) in [6.07, 6.45) is 1.21. The normalized spacial score (nSPS) is 10.3. The minimum atomic E-state index is -0.489. The number of thiazole rings is 1. The number of aryl methyl sites for hydroxylation is 1. The second-order valence-electron chi connectivity index (χ2n) is 4.12. The van der Waals surface area contributed by atoms with Crippen LogP contribution in [0.4, 0.5) is 17.5 Å². The van der Waals surface area contributed by atoms with Gasteiger partial charge in [-0.25, -0.2) is 9.97 Å². The molecule has 0 spiro atoms. The van der Waals surface area contributed by atoms with E-state index in [1.54, 1.807) is 30.3 Å². The molecule has 8 nitrogen and oxygen atoms in total. The van der Waals surface area contributed by atoms with Crippen LogP contribution >= 0.6 is 11.3 Å². The molecule has 2 rings (SSSR count). The summed E-state index contributed by atoms with van der Waals surface area (Å²) in [6, 6.07) is 0. The Bertz CT molecular complexity index is 629. The Morgan fingerprint density at radius 1 is 1.50 bits per heavy atom. The van der Waals surface area contributed by atoms with Gasteiger partial charge in [-0.2, -0.15) is 4.98 Å². The number of anilines is 2. The van der Waals surface area contributed by atoms with Gasteiger partial charge in [-0.15, -0.1) is 11.3 Å². The Hall–Kier alpha value is -2.29. The number of nitrogens with zero attached hydrogens (tertiary/aromatic N) is 5. The van der Waals surface area contributed by atoms with Gasteiger partial charge in [0.2, 0.25) is 11.8 Å². The first-order valence-corrected chi connectivity index (χ1v) is 6.70. The zero-order valence-corrected chi connectivity index (χ0v) is 12.1. The summed E-state index contributed by atoms with van der Waals surface area (Å²) < 4.78 is 0. The fourth-order valence-electron chi connectivity index (χ4n) is 1.70. The molecule has 2 aromatic heterocycles. The molecule has 9 heteroatoms. The van der Waals surface area contributed by atoms with Crippen LogP contribution in [0.3, 0.4) is 0 Å². The van der Waals surface area contributed by atoms with Gasteiger partial charge in [0.15, 0.2) is 0 Å².